The maximum atomic E-state index is 12.2. The van der Waals surface area contributed by atoms with E-state index in [4.69, 9.17) is 50.4 Å². The summed E-state index contributed by atoms with van der Waals surface area (Å²) >= 11 is 0. The molecule has 44 nitrogen and oxygen atoms in total. The molecule has 6 saturated heterocycles. The summed E-state index contributed by atoms with van der Waals surface area (Å²) < 4.78 is 41.8. The number of aromatic nitrogens is 12. The highest BCUT2D eigenvalue weighted by Gasteiger charge is 2.57. The zero-order chi connectivity index (χ0) is 90.2. The van der Waals surface area contributed by atoms with E-state index in [2.05, 4.69) is 58.2 Å². The Kier molecular flexibility index (Phi) is 34.3. The lowest BCUT2D eigenvalue weighted by Crippen LogP contribution is -2.43. The molecule has 0 aromatic carbocycles. The number of hydrogen-bond acceptors (Lipinski definition) is 34. The lowest BCUT2D eigenvalue weighted by Gasteiger charge is -2.26. The van der Waals surface area contributed by atoms with Crippen molar-refractivity contribution in [3.05, 3.63) is 168 Å². The number of hydrogen-bond donors (Lipinski definition) is 13. The average Bonchev–Trinajstić information content (AvgIpc) is 1.66. The van der Waals surface area contributed by atoms with Gasteiger partial charge in [-0.2, -0.15) is 36.0 Å². The van der Waals surface area contributed by atoms with E-state index in [1.807, 2.05) is 82.2 Å². The molecule has 6 aromatic heterocycles. The molecule has 24 unspecified atom stereocenters. The summed E-state index contributed by atoms with van der Waals surface area (Å²) in [5.74, 6) is -1.52. The Bertz CT molecular complexity index is 5260. The molecule has 0 bridgehead atoms. The van der Waals surface area contributed by atoms with E-state index < -0.39 is 154 Å². The average molecular weight is 1700 g/mol. The van der Waals surface area contributed by atoms with E-state index in [-0.39, 0.29) is 96.6 Å². The zero-order valence-corrected chi connectivity index (χ0v) is 68.8. The summed E-state index contributed by atoms with van der Waals surface area (Å²) in [5, 5.41) is 98.9. The molecule has 660 valence electrons. The van der Waals surface area contributed by atoms with Gasteiger partial charge in [0.15, 0.2) is 28.7 Å². The highest BCUT2D eigenvalue weighted by Crippen LogP contribution is 2.50. The number of amides is 1. The fraction of sp³-hybridized carbons (Fsp3) is 0.597. The van der Waals surface area contributed by atoms with Crippen LogP contribution >= 0.6 is 0 Å². The number of nitrogens with one attached hydrogen (secondary N) is 4. The minimum absolute atomic E-state index is 0. The number of aliphatic hydroxyl groups excluding tert-OH is 5. The van der Waals surface area contributed by atoms with Gasteiger partial charge in [-0.05, 0) is 44.0 Å². The highest BCUT2D eigenvalue weighted by molar-refractivity contribution is 5.87. The molecule has 12 rings (SSSR count). The number of H-pyrrole nitrogens is 3. The molecule has 0 saturated carbocycles. The van der Waals surface area contributed by atoms with Gasteiger partial charge < -0.3 is 86.5 Å². The van der Waals surface area contributed by atoms with Crippen LogP contribution in [0.5, 0.6) is 0 Å². The lowest BCUT2D eigenvalue weighted by atomic mass is 9.82. The predicted octanol–water partition coefficient (Wildman–Crippen LogP) is 0.180. The van der Waals surface area contributed by atoms with Crippen molar-refractivity contribution >= 4 is 35.9 Å². The fourth-order valence-electron chi connectivity index (χ4n) is 15.0. The smallest absolute Gasteiger partial charge is 0.351 e. The summed E-state index contributed by atoms with van der Waals surface area (Å²) in [6.45, 7) is 23.7. The molecule has 0 aliphatic carbocycles. The van der Waals surface area contributed by atoms with Gasteiger partial charge in [0.1, 0.15) is 78.7 Å². The second-order valence-electron chi connectivity index (χ2n) is 30.0. The maximum Gasteiger partial charge on any atom is 0.351 e. The SMILES string of the molecule is C.CC1C(n2ccc(=O)[nH]c2=O)OC(/C=N/O)(CO)C1C.CC1C(n2ccc(=O)[nH]c2=O)OC(C=O)(CO)C1C.CC1C(n2ccc(N)nc2=O)OC(C#N)(CO)C1C.CC1C(n2ccc(N)nc2=O)OC(C#N)(CO)C1O.CCC1(C#N)OC(n2ccc(=O)[nH]c2=O)C(C)C1C.CCC1(C#N)OC(n2ccc(NC(C)=O)nc2=O)C(C)C1C.CN. The Morgan fingerprint density at radius 3 is 1.05 bits per heavy atom. The quantitative estimate of drug-likeness (QED) is 0.0282. The number of nitrogens with two attached hydrogens (primary N) is 3. The molecule has 24 atom stereocenters. The van der Waals surface area contributed by atoms with E-state index in [0.29, 0.717) is 19.1 Å². The number of carbonyl (C=O) groups is 2. The molecule has 6 aromatic rings. The second kappa shape index (κ2) is 41.6. The fourth-order valence-corrected chi connectivity index (χ4v) is 15.0. The monoisotopic (exact) mass is 1700 g/mol. The first-order valence-electron chi connectivity index (χ1n) is 38.2. The van der Waals surface area contributed by atoms with E-state index in [1.165, 1.54) is 104 Å². The minimum Gasteiger partial charge on any atom is -0.411 e. The van der Waals surface area contributed by atoms with Crippen molar-refractivity contribution < 1.29 is 68.8 Å². The van der Waals surface area contributed by atoms with Crippen LogP contribution in [0.15, 0.2) is 122 Å². The lowest BCUT2D eigenvalue weighted by molar-refractivity contribution is -0.145. The maximum absolute atomic E-state index is 12.2. The van der Waals surface area contributed by atoms with Crippen LogP contribution in [-0.4, -0.2) is 180 Å². The van der Waals surface area contributed by atoms with Gasteiger partial charge in [0, 0.05) is 121 Å². The van der Waals surface area contributed by atoms with Crippen LogP contribution < -0.4 is 73.3 Å². The van der Waals surface area contributed by atoms with Crippen LogP contribution in [0.1, 0.15) is 155 Å². The van der Waals surface area contributed by atoms with Gasteiger partial charge in [-0.25, -0.2) is 28.8 Å². The van der Waals surface area contributed by atoms with Crippen molar-refractivity contribution in [2.45, 2.75) is 194 Å². The zero-order valence-electron chi connectivity index (χ0n) is 68.8. The molecule has 0 spiro atoms. The van der Waals surface area contributed by atoms with Crippen molar-refractivity contribution in [2.75, 3.05) is 50.3 Å². The topological polar surface area (TPSA) is 678 Å². The summed E-state index contributed by atoms with van der Waals surface area (Å²) in [6.07, 6.45) is 6.14. The molecule has 6 aliphatic heterocycles. The van der Waals surface area contributed by atoms with Crippen molar-refractivity contribution in [3.63, 3.8) is 0 Å². The summed E-state index contributed by atoms with van der Waals surface area (Å²) in [6, 6.07) is 16.4. The molecule has 6 aliphatic rings. The summed E-state index contributed by atoms with van der Waals surface area (Å²) in [7, 11) is 1.50. The number of rotatable bonds is 15. The molecule has 44 heteroatoms. The Morgan fingerprint density at radius 1 is 0.471 bits per heavy atom. The van der Waals surface area contributed by atoms with E-state index in [0.717, 1.165) is 10.8 Å². The minimum atomic E-state index is -1.73. The number of oxime groups is 1. The number of nitrogen functional groups attached to an aromatic ring is 2. The number of nitrogens with zero attached hydrogens (tertiary/aromatic N) is 14. The molecule has 0 radical (unpaired) electrons. The standard InChI is InChI=1S/C15H20N4O3.C13H17N3O3.C12H16N4O3.C12H17N3O5.C12H16N2O5.C11H14N4O4.CH5N.CH4/c1-5-15(8-16)10(3)9(2)13(22-15)19-7-6-12(17-11(4)20)18-14(19)21;1-4-13(7-14)9(3)8(2)11(19-13)16-6-5-10(17)15-12(16)18;1-7-8(2)12(5-13,6-17)19-10(7)16-4-3-9(14)15-11(16)18;1-7-8(2)12(6-16,5-13-19)20-10(7)15-4-3-9(17)14-11(15)18;1-7-8(2)12(5-15,6-16)19-10(7)14-4-3-9(17)13-11(14)18;1-6-8(17)11(4-12,5-16)19-9(6)15-3-2-7(13)14-10(15)18;1-2;/h6-7,9-10,13H,5H2,1-4H3,(H,17,18,20,21);5-6,8-9,11H,4H2,1-3H3,(H,15,17,18);3-4,7-8,10,17H,6H2,1-2H3,(H2,14,15,18);3-5,7-8,10,16,19H,6H2,1-2H3,(H,14,17,18);3-5,7-8,10,16H,6H2,1-2H3,(H,13,17,18);2-3,6,8-9,16-17H,5H2,1H3,(H2,13,14,18);2H2,1H3;1H4/b;;;13-5+;;;;. The molecule has 1 amide bonds. The van der Waals surface area contributed by atoms with Crippen LogP contribution in [0.4, 0.5) is 17.5 Å². The first kappa shape index (κ1) is 99.9. The van der Waals surface area contributed by atoms with Crippen molar-refractivity contribution in [1.29, 1.82) is 21.0 Å². The number of aldehydes is 1. The first-order valence-corrected chi connectivity index (χ1v) is 38.2. The van der Waals surface area contributed by atoms with Crippen LogP contribution in [0.2, 0.25) is 0 Å². The van der Waals surface area contributed by atoms with Gasteiger partial charge in [0.05, 0.1) is 44.8 Å². The third kappa shape index (κ3) is 20.4. The molecule has 6 fully saturated rings. The largest absolute Gasteiger partial charge is 0.411 e. The summed E-state index contributed by atoms with van der Waals surface area (Å²) in [4.78, 5) is 144. The molecular formula is C77H109N21O23. The Morgan fingerprint density at radius 2 is 0.769 bits per heavy atom. The van der Waals surface area contributed by atoms with Crippen molar-refractivity contribution in [1.82, 2.24) is 57.3 Å². The van der Waals surface area contributed by atoms with Crippen molar-refractivity contribution in [2.24, 2.45) is 76.0 Å². The number of aliphatic hydroxyl groups is 5. The Hall–Kier alpha value is -11.6. The molecule has 12 heterocycles. The normalized spacial score (nSPS) is 32.7. The van der Waals surface area contributed by atoms with Gasteiger partial charge in [-0.1, -0.05) is 103 Å². The number of aromatic amines is 3. The Balaban J connectivity index is 0.000000257. The van der Waals surface area contributed by atoms with E-state index >= 15 is 0 Å². The van der Waals surface area contributed by atoms with Crippen LogP contribution in [0.25, 0.3) is 0 Å². The number of ether oxygens (including phenoxy) is 6. The van der Waals surface area contributed by atoms with Gasteiger partial charge >= 0.3 is 34.1 Å². The Labute approximate surface area is 692 Å². The van der Waals surface area contributed by atoms with Gasteiger partial charge in [-0.15, -0.1) is 0 Å². The molecule has 16 N–H and O–H groups in total. The molecule has 121 heavy (non-hydrogen) atoms. The third-order valence-electron chi connectivity index (χ3n) is 23.7. The second-order valence-corrected chi connectivity index (χ2v) is 30.0. The molecular weight excluding hydrogens is 1590 g/mol. The predicted molar refractivity (Wildman–Crippen MR) is 431 cm³/mol. The first-order chi connectivity index (χ1) is 56.6. The van der Waals surface area contributed by atoms with E-state index in [1.54, 1.807) is 26.0 Å². The van der Waals surface area contributed by atoms with Crippen LogP contribution in [0, 0.1) is 110 Å². The van der Waals surface area contributed by atoms with Gasteiger partial charge in [-0.3, -0.25) is 61.5 Å². The number of nitriles is 4. The van der Waals surface area contributed by atoms with Gasteiger partial charge in [0.2, 0.25) is 11.5 Å². The van der Waals surface area contributed by atoms with Crippen LogP contribution in [-0.2, 0) is 38.0 Å². The van der Waals surface area contributed by atoms with Crippen molar-refractivity contribution in [3.8, 4) is 24.3 Å². The van der Waals surface area contributed by atoms with Crippen LogP contribution in [0.3, 0.4) is 0 Å². The highest BCUT2D eigenvalue weighted by atomic mass is 16.6. The summed E-state index contributed by atoms with van der Waals surface area (Å²) in [5.41, 5.74) is 3.26. The van der Waals surface area contributed by atoms with Gasteiger partial charge in [0.25, 0.3) is 16.7 Å². The van der Waals surface area contributed by atoms with E-state index in [9.17, 15) is 94.1 Å². The number of anilines is 3. The number of carbonyl (C=O) groups excluding carboxylic acids is 2. The third-order valence-corrected chi connectivity index (χ3v) is 23.7.